The fraction of sp³-hybridized carbons (Fsp3) is 0.357. The molecule has 1 aliphatic rings. The Bertz CT molecular complexity index is 602. The van der Waals surface area contributed by atoms with E-state index in [-0.39, 0.29) is 5.97 Å². The Balaban J connectivity index is 2.09. The van der Waals surface area contributed by atoms with E-state index in [1.165, 1.54) is 12.7 Å². The van der Waals surface area contributed by atoms with Crippen LogP contribution in [0.25, 0.3) is 11.0 Å². The number of ether oxygens (including phenoxy) is 1. The van der Waals surface area contributed by atoms with Crippen LogP contribution in [0.15, 0.2) is 28.9 Å². The number of hydrogen-bond donors (Lipinski definition) is 1. The summed E-state index contributed by atoms with van der Waals surface area (Å²) < 4.78 is 10.3. The van der Waals surface area contributed by atoms with Crippen LogP contribution in [0.1, 0.15) is 28.3 Å². The second-order valence-corrected chi connectivity index (χ2v) is 4.59. The lowest BCUT2D eigenvalue weighted by Crippen LogP contribution is -2.10. The van der Waals surface area contributed by atoms with Crippen LogP contribution in [0.2, 0.25) is 0 Å². The smallest absolute Gasteiger partial charge is 0.338 e. The van der Waals surface area contributed by atoms with Gasteiger partial charge >= 0.3 is 5.97 Å². The average molecular weight is 245 g/mol. The van der Waals surface area contributed by atoms with Crippen LogP contribution in [0.4, 0.5) is 0 Å². The van der Waals surface area contributed by atoms with E-state index in [9.17, 15) is 4.79 Å². The van der Waals surface area contributed by atoms with Gasteiger partial charge in [-0.1, -0.05) is 6.07 Å². The van der Waals surface area contributed by atoms with Crippen LogP contribution in [-0.2, 0) is 4.74 Å². The van der Waals surface area contributed by atoms with Crippen molar-refractivity contribution in [2.45, 2.75) is 18.4 Å². The number of nitrogens with one attached hydrogen (secondary N) is 1. The minimum absolute atomic E-state index is 0.325. The molecule has 4 heteroatoms. The van der Waals surface area contributed by atoms with Gasteiger partial charge in [-0.05, 0) is 25.6 Å². The number of carbonyl (C=O) groups excluding carboxylic acids is 1. The molecule has 0 bridgehead atoms. The Kier molecular flexibility index (Phi) is 2.59. The van der Waals surface area contributed by atoms with Crippen LogP contribution in [-0.4, -0.2) is 26.2 Å². The summed E-state index contributed by atoms with van der Waals surface area (Å²) in [6.45, 7) is 0. The van der Waals surface area contributed by atoms with Gasteiger partial charge in [0.1, 0.15) is 5.58 Å². The minimum atomic E-state index is -0.325. The number of likely N-dealkylation sites (N-methyl/N-ethyl adjacent to an activating group) is 1. The first kappa shape index (κ1) is 11.3. The first-order chi connectivity index (χ1) is 8.76. The molecular formula is C14H15NO3. The van der Waals surface area contributed by atoms with Gasteiger partial charge in [-0.15, -0.1) is 0 Å². The van der Waals surface area contributed by atoms with E-state index in [2.05, 4.69) is 5.32 Å². The molecule has 18 heavy (non-hydrogen) atoms. The van der Waals surface area contributed by atoms with Gasteiger partial charge in [-0.3, -0.25) is 0 Å². The highest BCUT2D eigenvalue weighted by molar-refractivity contribution is 6.04. The molecule has 0 aliphatic heterocycles. The van der Waals surface area contributed by atoms with E-state index in [0.29, 0.717) is 17.5 Å². The van der Waals surface area contributed by atoms with E-state index in [4.69, 9.17) is 9.15 Å². The molecule has 1 fully saturated rings. The van der Waals surface area contributed by atoms with E-state index < -0.39 is 0 Å². The summed E-state index contributed by atoms with van der Waals surface area (Å²) in [5.74, 6) is 0.157. The van der Waals surface area contributed by atoms with Crippen LogP contribution in [0, 0.1) is 0 Å². The normalized spacial score (nSPS) is 22.1. The quantitative estimate of drug-likeness (QED) is 0.843. The number of benzene rings is 1. The first-order valence-corrected chi connectivity index (χ1v) is 6.02. The lowest BCUT2D eigenvalue weighted by atomic mass is 10.0. The fourth-order valence-corrected chi connectivity index (χ4v) is 2.52. The highest BCUT2D eigenvalue weighted by Gasteiger charge is 2.39. The minimum Gasteiger partial charge on any atom is -0.465 e. The molecule has 1 heterocycles. The summed E-state index contributed by atoms with van der Waals surface area (Å²) in [6, 6.07) is 6.13. The Morgan fingerprint density at radius 3 is 2.94 bits per heavy atom. The van der Waals surface area contributed by atoms with Crippen LogP contribution < -0.4 is 5.32 Å². The molecule has 94 valence electrons. The molecule has 3 rings (SSSR count). The predicted molar refractivity (Wildman–Crippen MR) is 67.8 cm³/mol. The van der Waals surface area contributed by atoms with Crippen molar-refractivity contribution in [1.29, 1.82) is 0 Å². The molecule has 2 unspecified atom stereocenters. The maximum Gasteiger partial charge on any atom is 0.338 e. The first-order valence-electron chi connectivity index (χ1n) is 6.02. The van der Waals surface area contributed by atoms with Crippen molar-refractivity contribution in [3.05, 3.63) is 35.6 Å². The second-order valence-electron chi connectivity index (χ2n) is 4.59. The lowest BCUT2D eigenvalue weighted by Gasteiger charge is -2.05. The largest absolute Gasteiger partial charge is 0.465 e. The summed E-state index contributed by atoms with van der Waals surface area (Å²) in [5.41, 5.74) is 2.54. The lowest BCUT2D eigenvalue weighted by molar-refractivity contribution is 0.0603. The van der Waals surface area contributed by atoms with Crippen molar-refractivity contribution in [2.75, 3.05) is 14.2 Å². The number of esters is 1. The molecule has 1 saturated carbocycles. The number of carbonyl (C=O) groups is 1. The Morgan fingerprint density at radius 2 is 2.28 bits per heavy atom. The Labute approximate surface area is 105 Å². The number of furan rings is 1. The summed E-state index contributed by atoms with van der Waals surface area (Å²) in [7, 11) is 3.35. The van der Waals surface area contributed by atoms with Crippen LogP contribution >= 0.6 is 0 Å². The highest BCUT2D eigenvalue weighted by atomic mass is 16.5. The topological polar surface area (TPSA) is 51.5 Å². The van der Waals surface area contributed by atoms with Crippen molar-refractivity contribution in [1.82, 2.24) is 5.32 Å². The second kappa shape index (κ2) is 4.14. The third-order valence-electron chi connectivity index (χ3n) is 3.61. The fourth-order valence-electron chi connectivity index (χ4n) is 2.52. The van der Waals surface area contributed by atoms with Crippen LogP contribution in [0.3, 0.4) is 0 Å². The van der Waals surface area contributed by atoms with Gasteiger partial charge in [0.15, 0.2) is 0 Å². The predicted octanol–water partition coefficient (Wildman–Crippen LogP) is 2.29. The third-order valence-corrected chi connectivity index (χ3v) is 3.61. The zero-order valence-corrected chi connectivity index (χ0v) is 10.4. The van der Waals surface area contributed by atoms with Gasteiger partial charge in [0.25, 0.3) is 0 Å². The third kappa shape index (κ3) is 1.61. The molecule has 0 amide bonds. The molecular weight excluding hydrogens is 230 g/mol. The van der Waals surface area contributed by atoms with Gasteiger partial charge < -0.3 is 14.5 Å². The molecule has 0 spiro atoms. The maximum atomic E-state index is 11.7. The molecule has 4 nitrogen and oxygen atoms in total. The van der Waals surface area contributed by atoms with Gasteiger partial charge in [-0.25, -0.2) is 4.79 Å². The van der Waals surface area contributed by atoms with Gasteiger partial charge in [0.05, 0.1) is 18.9 Å². The number of fused-ring (bicyclic) bond motifs is 1. The van der Waals surface area contributed by atoms with E-state index in [1.807, 2.05) is 25.2 Å². The van der Waals surface area contributed by atoms with Crippen molar-refractivity contribution >= 4 is 16.9 Å². The Hall–Kier alpha value is -1.81. The highest BCUT2D eigenvalue weighted by Crippen LogP contribution is 2.44. The van der Waals surface area contributed by atoms with E-state index in [1.54, 1.807) is 6.26 Å². The Morgan fingerprint density at radius 1 is 1.44 bits per heavy atom. The van der Waals surface area contributed by atoms with Crippen LogP contribution in [0.5, 0.6) is 0 Å². The van der Waals surface area contributed by atoms with Crippen molar-refractivity contribution in [3.8, 4) is 0 Å². The van der Waals surface area contributed by atoms with E-state index in [0.717, 1.165) is 17.4 Å². The van der Waals surface area contributed by atoms with Gasteiger partial charge in [0.2, 0.25) is 0 Å². The molecule has 0 saturated heterocycles. The summed E-state index contributed by atoms with van der Waals surface area (Å²) in [6.07, 6.45) is 2.74. The molecule has 1 aromatic heterocycles. The number of methoxy groups -OCH3 is 1. The summed E-state index contributed by atoms with van der Waals surface area (Å²) in [4.78, 5) is 11.7. The van der Waals surface area contributed by atoms with Crippen molar-refractivity contribution in [3.63, 3.8) is 0 Å². The molecule has 1 N–H and O–H groups in total. The SMILES string of the molecule is CNC1CC1c1ccc(C(=O)OC)c2ccoc12. The molecule has 2 atom stereocenters. The average Bonchev–Trinajstić information content (AvgIpc) is 3.02. The van der Waals surface area contributed by atoms with Crippen molar-refractivity contribution in [2.24, 2.45) is 0 Å². The van der Waals surface area contributed by atoms with Gasteiger partial charge in [0, 0.05) is 22.9 Å². The molecule has 2 aromatic rings. The molecule has 0 radical (unpaired) electrons. The standard InChI is InChI=1S/C14H15NO3/c1-15-12-7-11(12)8-3-4-10(14(16)17-2)9-5-6-18-13(8)9/h3-6,11-12,15H,7H2,1-2H3. The molecule has 1 aliphatic carbocycles. The monoisotopic (exact) mass is 245 g/mol. The van der Waals surface area contributed by atoms with E-state index >= 15 is 0 Å². The molecule has 1 aromatic carbocycles. The van der Waals surface area contributed by atoms with Crippen molar-refractivity contribution < 1.29 is 13.9 Å². The number of rotatable bonds is 3. The summed E-state index contributed by atoms with van der Waals surface area (Å²) >= 11 is 0. The van der Waals surface area contributed by atoms with Gasteiger partial charge in [-0.2, -0.15) is 0 Å². The maximum absolute atomic E-state index is 11.7. The zero-order valence-electron chi connectivity index (χ0n) is 10.4. The number of hydrogen-bond acceptors (Lipinski definition) is 4. The zero-order chi connectivity index (χ0) is 12.7. The summed E-state index contributed by atoms with van der Waals surface area (Å²) in [5, 5.41) is 4.09.